The maximum Gasteiger partial charge on any atom is 0.273 e. The van der Waals surface area contributed by atoms with Crippen LogP contribution in [-0.4, -0.2) is 34.4 Å². The number of alkyl halides is 2. The van der Waals surface area contributed by atoms with E-state index in [1.165, 1.54) is 36.2 Å². The van der Waals surface area contributed by atoms with Gasteiger partial charge in [0.05, 0.1) is 36.8 Å². The molecule has 0 bridgehead atoms. The quantitative estimate of drug-likeness (QED) is 0.301. The zero-order valence-electron chi connectivity index (χ0n) is 21.7. The highest BCUT2D eigenvalue weighted by Crippen LogP contribution is 2.33. The molecule has 1 atom stereocenters. The number of rotatable bonds is 8. The van der Waals surface area contributed by atoms with Crippen LogP contribution >= 0.6 is 0 Å². The number of benzene rings is 3. The van der Waals surface area contributed by atoms with Gasteiger partial charge in [-0.3, -0.25) is 14.3 Å². The van der Waals surface area contributed by atoms with E-state index < -0.39 is 23.7 Å². The average molecular weight is 532 g/mol. The Kier molecular flexibility index (Phi) is 6.86. The van der Waals surface area contributed by atoms with Crippen LogP contribution in [0.3, 0.4) is 0 Å². The summed E-state index contributed by atoms with van der Waals surface area (Å²) < 4.78 is 35.3. The fraction of sp³-hybridized carbons (Fsp3) is 0.241. The smallest absolute Gasteiger partial charge is 0.273 e. The molecule has 2 heterocycles. The number of aromatic nitrogens is 2. The summed E-state index contributed by atoms with van der Waals surface area (Å²) >= 11 is 0. The number of fused-ring (bicyclic) bond motifs is 1. The average Bonchev–Trinajstić information content (AvgIpc) is 3.48. The number of hydrazone groups is 1. The van der Waals surface area contributed by atoms with Gasteiger partial charge in [-0.15, -0.1) is 0 Å². The summed E-state index contributed by atoms with van der Waals surface area (Å²) in [5, 5.41) is 13.5. The Morgan fingerprint density at radius 1 is 1.10 bits per heavy atom. The molecule has 1 N–H and O–H groups in total. The van der Waals surface area contributed by atoms with Crippen LogP contribution in [0, 0.1) is 5.92 Å². The van der Waals surface area contributed by atoms with Crippen LogP contribution in [0.1, 0.15) is 31.4 Å². The second-order valence-corrected chi connectivity index (χ2v) is 9.35. The second-order valence-electron chi connectivity index (χ2n) is 9.35. The number of nitrogens with zero attached hydrogens (tertiary/aromatic N) is 4. The van der Waals surface area contributed by atoms with Gasteiger partial charge in [-0.2, -0.15) is 15.2 Å². The van der Waals surface area contributed by atoms with Crippen molar-refractivity contribution in [1.82, 2.24) is 9.78 Å². The predicted molar refractivity (Wildman–Crippen MR) is 145 cm³/mol. The van der Waals surface area contributed by atoms with Crippen molar-refractivity contribution in [3.8, 4) is 5.75 Å². The summed E-state index contributed by atoms with van der Waals surface area (Å²) in [5.74, 6) is -4.60. The van der Waals surface area contributed by atoms with Crippen LogP contribution in [0.2, 0.25) is 0 Å². The summed E-state index contributed by atoms with van der Waals surface area (Å²) in [6, 6.07) is 18.5. The van der Waals surface area contributed by atoms with Crippen molar-refractivity contribution in [3.63, 3.8) is 0 Å². The van der Waals surface area contributed by atoms with Gasteiger partial charge in [-0.25, -0.2) is 8.78 Å². The molecule has 1 aromatic heterocycles. The Balaban J connectivity index is 1.35. The molecule has 0 spiro atoms. The molecule has 3 aromatic carbocycles. The van der Waals surface area contributed by atoms with Crippen LogP contribution in [0.5, 0.6) is 5.75 Å². The minimum Gasteiger partial charge on any atom is -0.497 e. The summed E-state index contributed by atoms with van der Waals surface area (Å²) in [4.78, 5) is 26.4. The Bertz CT molecular complexity index is 1580. The molecule has 39 heavy (non-hydrogen) atoms. The monoisotopic (exact) mass is 531 g/mol. The lowest BCUT2D eigenvalue weighted by Crippen LogP contribution is -2.36. The van der Waals surface area contributed by atoms with E-state index in [1.54, 1.807) is 32.4 Å². The summed E-state index contributed by atoms with van der Waals surface area (Å²) in [7, 11) is 1.61. The van der Waals surface area contributed by atoms with E-state index in [4.69, 9.17) is 4.74 Å². The fourth-order valence-electron chi connectivity index (χ4n) is 4.52. The third-order valence-electron chi connectivity index (χ3n) is 6.75. The topological polar surface area (TPSA) is 88.8 Å². The van der Waals surface area contributed by atoms with Crippen LogP contribution in [0.4, 0.5) is 20.2 Å². The van der Waals surface area contributed by atoms with Crippen LogP contribution in [-0.2, 0) is 22.1 Å². The summed E-state index contributed by atoms with van der Waals surface area (Å²) in [6.07, 6.45) is 1.38. The predicted octanol–water partition coefficient (Wildman–Crippen LogP) is 5.57. The lowest BCUT2D eigenvalue weighted by molar-refractivity contribution is -0.127. The highest BCUT2D eigenvalue weighted by atomic mass is 19.3. The molecule has 0 aliphatic carbocycles. The van der Waals surface area contributed by atoms with Gasteiger partial charge in [0.1, 0.15) is 5.75 Å². The molecule has 0 saturated heterocycles. The molecule has 1 aliphatic rings. The SMILES string of the molecule is CCC(F)(F)c1cccc(NC(=O)C2C(=O)N(c3ccc4cnn(Cc5ccc(OC)cc5)c4c3)N=C2C)c1. The molecule has 8 nitrogen and oxygen atoms in total. The van der Waals surface area contributed by atoms with Gasteiger partial charge >= 0.3 is 0 Å². The van der Waals surface area contributed by atoms with Crippen molar-refractivity contribution in [3.05, 3.63) is 84.1 Å². The van der Waals surface area contributed by atoms with Crippen molar-refractivity contribution >= 4 is 39.8 Å². The first-order valence-electron chi connectivity index (χ1n) is 12.5. The summed E-state index contributed by atoms with van der Waals surface area (Å²) in [5.41, 5.74) is 2.60. The number of carbonyl (C=O) groups is 2. The molecule has 0 fully saturated rings. The molecule has 10 heteroatoms. The number of methoxy groups -OCH3 is 1. The number of halogens is 2. The van der Waals surface area contributed by atoms with Gasteiger partial charge in [-0.05, 0) is 55.0 Å². The van der Waals surface area contributed by atoms with E-state index in [0.29, 0.717) is 17.9 Å². The lowest BCUT2D eigenvalue weighted by Gasteiger charge is -2.17. The largest absolute Gasteiger partial charge is 0.497 e. The molecule has 2 amide bonds. The first kappa shape index (κ1) is 26.0. The molecule has 200 valence electrons. The highest BCUT2D eigenvalue weighted by molar-refractivity contribution is 6.28. The Morgan fingerprint density at radius 2 is 1.87 bits per heavy atom. The molecule has 4 aromatic rings. The van der Waals surface area contributed by atoms with Gasteiger partial charge in [0, 0.05) is 23.1 Å². The van der Waals surface area contributed by atoms with E-state index >= 15 is 0 Å². The fourth-order valence-corrected chi connectivity index (χ4v) is 4.52. The number of carbonyl (C=O) groups excluding carboxylic acids is 2. The zero-order valence-corrected chi connectivity index (χ0v) is 21.7. The van der Waals surface area contributed by atoms with E-state index in [-0.39, 0.29) is 17.7 Å². The second kappa shape index (κ2) is 10.3. The standard InChI is InChI=1S/C29H27F2N5O3/c1-4-29(30,31)21-6-5-7-22(14-21)33-27(37)26-18(2)34-36(28(26)38)23-11-10-20-16-32-35(25(20)15-23)17-19-8-12-24(39-3)13-9-19/h5-16,26H,4,17H2,1-3H3,(H,33,37). The van der Waals surface area contributed by atoms with E-state index in [9.17, 15) is 18.4 Å². The number of anilines is 2. The van der Waals surface area contributed by atoms with E-state index in [1.807, 2.05) is 35.0 Å². The van der Waals surface area contributed by atoms with E-state index in [0.717, 1.165) is 22.2 Å². The zero-order chi connectivity index (χ0) is 27.7. The Hall–Kier alpha value is -4.60. The van der Waals surface area contributed by atoms with Crippen LogP contribution < -0.4 is 15.1 Å². The molecular weight excluding hydrogens is 504 g/mol. The Morgan fingerprint density at radius 3 is 2.59 bits per heavy atom. The van der Waals surface area contributed by atoms with Crippen molar-refractivity contribution in [1.29, 1.82) is 0 Å². The van der Waals surface area contributed by atoms with Crippen molar-refractivity contribution < 1.29 is 23.1 Å². The first-order chi connectivity index (χ1) is 18.7. The number of nitrogens with one attached hydrogen (secondary N) is 1. The van der Waals surface area contributed by atoms with E-state index in [2.05, 4.69) is 15.5 Å². The minimum absolute atomic E-state index is 0.188. The van der Waals surface area contributed by atoms with Gasteiger partial charge in [-0.1, -0.05) is 31.2 Å². The minimum atomic E-state index is -3.02. The number of hydrogen-bond acceptors (Lipinski definition) is 5. The number of ether oxygens (including phenoxy) is 1. The van der Waals surface area contributed by atoms with Gasteiger partial charge in [0.15, 0.2) is 5.92 Å². The van der Waals surface area contributed by atoms with Crippen molar-refractivity contribution in [2.45, 2.75) is 32.7 Å². The highest BCUT2D eigenvalue weighted by Gasteiger charge is 2.40. The van der Waals surface area contributed by atoms with Crippen molar-refractivity contribution in [2.75, 3.05) is 17.4 Å². The van der Waals surface area contributed by atoms with Crippen LogP contribution in [0.15, 0.2) is 78.0 Å². The lowest BCUT2D eigenvalue weighted by atomic mass is 10.0. The third-order valence-corrected chi connectivity index (χ3v) is 6.75. The van der Waals surface area contributed by atoms with Gasteiger partial charge in [0.2, 0.25) is 5.91 Å². The van der Waals surface area contributed by atoms with Gasteiger partial charge < -0.3 is 10.1 Å². The third kappa shape index (κ3) is 5.09. The molecule has 1 unspecified atom stereocenters. The molecule has 1 aliphatic heterocycles. The molecule has 5 rings (SSSR count). The Labute approximate surface area is 223 Å². The van der Waals surface area contributed by atoms with Crippen LogP contribution in [0.25, 0.3) is 10.9 Å². The maximum absolute atomic E-state index is 14.1. The van der Waals surface area contributed by atoms with Gasteiger partial charge in [0.25, 0.3) is 11.8 Å². The molecule has 0 saturated carbocycles. The molecule has 0 radical (unpaired) electrons. The number of hydrogen-bond donors (Lipinski definition) is 1. The summed E-state index contributed by atoms with van der Waals surface area (Å²) in [6.45, 7) is 3.49. The normalized spacial score (nSPS) is 15.5. The molecular formula is C29H27F2N5O3. The van der Waals surface area contributed by atoms with Crippen molar-refractivity contribution in [2.24, 2.45) is 11.0 Å². The number of amides is 2. The maximum atomic E-state index is 14.1. The first-order valence-corrected chi connectivity index (χ1v) is 12.5.